The third-order valence-corrected chi connectivity index (χ3v) is 4.00. The molecule has 1 aromatic heterocycles. The Morgan fingerprint density at radius 3 is 2.58 bits per heavy atom. The van der Waals surface area contributed by atoms with Crippen LogP contribution in [0, 0.1) is 0 Å². The molecule has 0 saturated carbocycles. The lowest BCUT2D eigenvalue weighted by Crippen LogP contribution is -2.18. The maximum Gasteiger partial charge on any atom is 0.131 e. The lowest BCUT2D eigenvalue weighted by atomic mass is 10.1. The average molecular weight is 285 g/mol. The summed E-state index contributed by atoms with van der Waals surface area (Å²) in [6.07, 6.45) is 9.07. The first-order valence-electron chi connectivity index (χ1n) is 7.37. The molecule has 0 saturated heterocycles. The molecule has 0 unspecified atom stereocenters. The quantitative estimate of drug-likeness (QED) is 0.599. The van der Waals surface area contributed by atoms with Crippen LogP contribution in [-0.2, 0) is 17.7 Å². The van der Waals surface area contributed by atoms with E-state index in [1.165, 1.54) is 43.5 Å². The number of nitrogens with zero attached hydrogens (tertiary/aromatic N) is 2. The van der Waals surface area contributed by atoms with Crippen molar-refractivity contribution < 1.29 is 4.74 Å². The largest absolute Gasteiger partial charge is 0.383 e. The van der Waals surface area contributed by atoms with Crippen LogP contribution in [0.3, 0.4) is 0 Å². The third-order valence-electron chi connectivity index (χ3n) is 3.01. The molecule has 0 amide bonds. The SMILES string of the molecule is CCCCCCCCc1nnc(CNCCOC)s1. The first-order chi connectivity index (χ1) is 9.36. The molecular weight excluding hydrogens is 258 g/mol. The van der Waals surface area contributed by atoms with Crippen molar-refractivity contribution in [3.05, 3.63) is 10.0 Å². The lowest BCUT2D eigenvalue weighted by Gasteiger charge is -1.99. The van der Waals surface area contributed by atoms with Gasteiger partial charge >= 0.3 is 0 Å². The molecule has 0 fully saturated rings. The summed E-state index contributed by atoms with van der Waals surface area (Å²) in [6, 6.07) is 0. The van der Waals surface area contributed by atoms with Gasteiger partial charge in [-0.1, -0.05) is 39.0 Å². The topological polar surface area (TPSA) is 47.0 Å². The molecule has 5 heteroatoms. The van der Waals surface area contributed by atoms with Gasteiger partial charge in [0, 0.05) is 26.6 Å². The summed E-state index contributed by atoms with van der Waals surface area (Å²) in [5, 5.41) is 14.0. The molecule has 1 heterocycles. The van der Waals surface area contributed by atoms with Gasteiger partial charge in [-0.05, 0) is 6.42 Å². The predicted molar refractivity (Wildman–Crippen MR) is 80.6 cm³/mol. The van der Waals surface area contributed by atoms with Crippen LogP contribution in [0.15, 0.2) is 0 Å². The fourth-order valence-electron chi connectivity index (χ4n) is 1.89. The number of methoxy groups -OCH3 is 1. The van der Waals surface area contributed by atoms with Gasteiger partial charge in [0.1, 0.15) is 10.0 Å². The van der Waals surface area contributed by atoms with E-state index in [0.29, 0.717) is 0 Å². The van der Waals surface area contributed by atoms with Crippen molar-refractivity contribution in [3.63, 3.8) is 0 Å². The molecule has 1 aromatic rings. The Bertz CT molecular complexity index is 317. The van der Waals surface area contributed by atoms with E-state index in [0.717, 1.165) is 31.1 Å². The van der Waals surface area contributed by atoms with Gasteiger partial charge in [0.25, 0.3) is 0 Å². The monoisotopic (exact) mass is 285 g/mol. The highest BCUT2D eigenvalue weighted by atomic mass is 32.1. The van der Waals surface area contributed by atoms with Crippen molar-refractivity contribution in [2.45, 2.75) is 58.4 Å². The maximum absolute atomic E-state index is 4.98. The molecule has 4 nitrogen and oxygen atoms in total. The van der Waals surface area contributed by atoms with Crippen molar-refractivity contribution in [2.75, 3.05) is 20.3 Å². The van der Waals surface area contributed by atoms with Crippen LogP contribution in [0.25, 0.3) is 0 Å². The van der Waals surface area contributed by atoms with Crippen molar-refractivity contribution in [3.8, 4) is 0 Å². The minimum Gasteiger partial charge on any atom is -0.383 e. The molecule has 1 N–H and O–H groups in total. The van der Waals surface area contributed by atoms with E-state index in [4.69, 9.17) is 4.74 Å². The molecule has 0 aromatic carbocycles. The fraction of sp³-hybridized carbons (Fsp3) is 0.857. The average Bonchev–Trinajstić information content (AvgIpc) is 2.87. The molecular formula is C14H27N3OS. The Morgan fingerprint density at radius 1 is 1.05 bits per heavy atom. The molecule has 0 atom stereocenters. The first kappa shape index (κ1) is 16.5. The van der Waals surface area contributed by atoms with Gasteiger partial charge in [-0.2, -0.15) is 0 Å². The summed E-state index contributed by atoms with van der Waals surface area (Å²) in [5.74, 6) is 0. The van der Waals surface area contributed by atoms with E-state index in [9.17, 15) is 0 Å². The van der Waals surface area contributed by atoms with Crippen molar-refractivity contribution in [2.24, 2.45) is 0 Å². The van der Waals surface area contributed by atoms with Crippen LogP contribution < -0.4 is 5.32 Å². The second kappa shape index (κ2) is 11.3. The van der Waals surface area contributed by atoms with Gasteiger partial charge in [-0.3, -0.25) is 0 Å². The van der Waals surface area contributed by atoms with E-state index >= 15 is 0 Å². The number of rotatable bonds is 12. The highest BCUT2D eigenvalue weighted by molar-refractivity contribution is 7.11. The number of hydrogen-bond donors (Lipinski definition) is 1. The number of aryl methyl sites for hydroxylation is 1. The fourth-order valence-corrected chi connectivity index (χ4v) is 2.74. The van der Waals surface area contributed by atoms with Crippen LogP contribution in [-0.4, -0.2) is 30.5 Å². The minimum absolute atomic E-state index is 0.740. The van der Waals surface area contributed by atoms with E-state index in [-0.39, 0.29) is 0 Å². The van der Waals surface area contributed by atoms with E-state index in [1.807, 2.05) is 0 Å². The van der Waals surface area contributed by atoms with Gasteiger partial charge in [-0.15, -0.1) is 21.5 Å². The Hall–Kier alpha value is -0.520. The zero-order valence-corrected chi connectivity index (χ0v) is 13.1. The second-order valence-corrected chi connectivity index (χ2v) is 5.92. The number of unbranched alkanes of at least 4 members (excludes halogenated alkanes) is 5. The van der Waals surface area contributed by atoms with Gasteiger partial charge in [-0.25, -0.2) is 0 Å². The molecule has 0 aliphatic carbocycles. The second-order valence-electron chi connectivity index (χ2n) is 4.78. The standard InChI is InChI=1S/C14H27N3OS/c1-3-4-5-6-7-8-9-13-16-17-14(19-13)12-15-10-11-18-2/h15H,3-12H2,1-2H3. The van der Waals surface area contributed by atoms with Crippen LogP contribution in [0.2, 0.25) is 0 Å². The number of ether oxygens (including phenoxy) is 1. The zero-order valence-electron chi connectivity index (χ0n) is 12.3. The molecule has 0 radical (unpaired) electrons. The molecule has 0 aliphatic heterocycles. The smallest absolute Gasteiger partial charge is 0.131 e. The van der Waals surface area contributed by atoms with E-state index in [2.05, 4.69) is 22.4 Å². The summed E-state index contributed by atoms with van der Waals surface area (Å²) >= 11 is 1.73. The highest BCUT2D eigenvalue weighted by Crippen LogP contribution is 2.14. The van der Waals surface area contributed by atoms with Crippen molar-refractivity contribution in [1.82, 2.24) is 15.5 Å². The Kier molecular flexibility index (Phi) is 9.85. The summed E-state index contributed by atoms with van der Waals surface area (Å²) in [6.45, 7) is 4.66. The highest BCUT2D eigenvalue weighted by Gasteiger charge is 2.03. The van der Waals surface area contributed by atoms with Gasteiger partial charge < -0.3 is 10.1 Å². The third kappa shape index (κ3) is 8.29. The lowest BCUT2D eigenvalue weighted by molar-refractivity contribution is 0.199. The van der Waals surface area contributed by atoms with Crippen LogP contribution in [0.1, 0.15) is 55.5 Å². The van der Waals surface area contributed by atoms with Crippen LogP contribution in [0.5, 0.6) is 0 Å². The molecule has 0 spiro atoms. The molecule has 0 bridgehead atoms. The molecule has 1 rings (SSSR count). The summed E-state index contributed by atoms with van der Waals surface area (Å²) < 4.78 is 4.98. The molecule has 0 aliphatic rings. The summed E-state index contributed by atoms with van der Waals surface area (Å²) in [5.41, 5.74) is 0. The summed E-state index contributed by atoms with van der Waals surface area (Å²) in [7, 11) is 1.71. The Morgan fingerprint density at radius 2 is 1.79 bits per heavy atom. The minimum atomic E-state index is 0.740. The molecule has 19 heavy (non-hydrogen) atoms. The van der Waals surface area contributed by atoms with Crippen molar-refractivity contribution >= 4 is 11.3 Å². The number of hydrogen-bond acceptors (Lipinski definition) is 5. The Balaban J connectivity index is 2.06. The zero-order chi connectivity index (χ0) is 13.8. The predicted octanol–water partition coefficient (Wildman–Crippen LogP) is 3.18. The van der Waals surface area contributed by atoms with Gasteiger partial charge in [0.15, 0.2) is 0 Å². The Labute approximate surface area is 121 Å². The van der Waals surface area contributed by atoms with Gasteiger partial charge in [0.05, 0.1) is 6.61 Å². The normalized spacial score (nSPS) is 11.1. The van der Waals surface area contributed by atoms with E-state index < -0.39 is 0 Å². The van der Waals surface area contributed by atoms with Crippen LogP contribution >= 0.6 is 11.3 Å². The molecule has 110 valence electrons. The maximum atomic E-state index is 4.98. The first-order valence-corrected chi connectivity index (χ1v) is 8.19. The van der Waals surface area contributed by atoms with E-state index in [1.54, 1.807) is 18.4 Å². The van der Waals surface area contributed by atoms with Crippen molar-refractivity contribution in [1.29, 1.82) is 0 Å². The van der Waals surface area contributed by atoms with Gasteiger partial charge in [0.2, 0.25) is 0 Å². The number of aromatic nitrogens is 2. The van der Waals surface area contributed by atoms with Crippen LogP contribution in [0.4, 0.5) is 0 Å². The summed E-state index contributed by atoms with van der Waals surface area (Å²) in [4.78, 5) is 0. The number of nitrogens with one attached hydrogen (secondary N) is 1.